The number of hydrogen-bond acceptors (Lipinski definition) is 3. The van der Waals surface area contributed by atoms with Gasteiger partial charge in [-0.25, -0.2) is 0 Å². The molecule has 0 aromatic heterocycles. The van der Waals surface area contributed by atoms with Gasteiger partial charge in [0.15, 0.2) is 0 Å². The van der Waals surface area contributed by atoms with Gasteiger partial charge in [-0.1, -0.05) is 32.9 Å². The number of amides is 1. The number of aliphatic hydroxyl groups is 1. The van der Waals surface area contributed by atoms with Crippen LogP contribution in [0.1, 0.15) is 38.9 Å². The zero-order valence-electron chi connectivity index (χ0n) is 12.1. The monoisotopic (exact) mass is 265 g/mol. The molecule has 0 radical (unpaired) electrons. The van der Waals surface area contributed by atoms with Crippen LogP contribution in [0.2, 0.25) is 0 Å². The molecule has 4 nitrogen and oxygen atoms in total. The van der Waals surface area contributed by atoms with Crippen molar-refractivity contribution in [2.45, 2.75) is 33.3 Å². The van der Waals surface area contributed by atoms with E-state index < -0.39 is 6.10 Å². The van der Waals surface area contributed by atoms with Crippen molar-refractivity contribution in [2.75, 3.05) is 13.7 Å². The summed E-state index contributed by atoms with van der Waals surface area (Å²) >= 11 is 0. The van der Waals surface area contributed by atoms with Crippen molar-refractivity contribution in [3.05, 3.63) is 29.8 Å². The number of hydrogen-bond donors (Lipinski definition) is 2. The second-order valence-electron chi connectivity index (χ2n) is 5.83. The molecule has 106 valence electrons. The van der Waals surface area contributed by atoms with Gasteiger partial charge in [-0.2, -0.15) is 0 Å². The lowest BCUT2D eigenvalue weighted by Crippen LogP contribution is -2.31. The van der Waals surface area contributed by atoms with Gasteiger partial charge in [0, 0.05) is 13.0 Å². The summed E-state index contributed by atoms with van der Waals surface area (Å²) in [4.78, 5) is 11.7. The molecule has 0 aliphatic carbocycles. The van der Waals surface area contributed by atoms with Crippen LogP contribution in [-0.2, 0) is 4.79 Å². The lowest BCUT2D eigenvalue weighted by atomic mass is 9.92. The zero-order chi connectivity index (χ0) is 14.5. The molecule has 0 bridgehead atoms. The summed E-state index contributed by atoms with van der Waals surface area (Å²) in [7, 11) is 1.60. The van der Waals surface area contributed by atoms with E-state index in [0.717, 1.165) is 11.3 Å². The number of methoxy groups -OCH3 is 1. The first-order valence-corrected chi connectivity index (χ1v) is 6.40. The Morgan fingerprint density at radius 2 is 1.89 bits per heavy atom. The Bertz CT molecular complexity index is 406. The fraction of sp³-hybridized carbons (Fsp3) is 0.533. The number of rotatable bonds is 5. The van der Waals surface area contributed by atoms with E-state index in [1.807, 2.05) is 20.8 Å². The van der Waals surface area contributed by atoms with Crippen molar-refractivity contribution in [2.24, 2.45) is 5.41 Å². The highest BCUT2D eigenvalue weighted by Crippen LogP contribution is 2.19. The van der Waals surface area contributed by atoms with Crippen LogP contribution in [0.25, 0.3) is 0 Å². The third-order valence-electron chi connectivity index (χ3n) is 2.68. The highest BCUT2D eigenvalue weighted by Gasteiger charge is 2.16. The maximum absolute atomic E-state index is 11.7. The maximum Gasteiger partial charge on any atom is 0.220 e. The molecule has 0 fully saturated rings. The van der Waals surface area contributed by atoms with Crippen molar-refractivity contribution < 1.29 is 14.6 Å². The van der Waals surface area contributed by atoms with Gasteiger partial charge in [0.1, 0.15) is 5.75 Å². The predicted octanol–water partition coefficient (Wildman–Crippen LogP) is 2.28. The number of nitrogens with one attached hydrogen (secondary N) is 1. The molecule has 0 saturated heterocycles. The predicted molar refractivity (Wildman–Crippen MR) is 75.0 cm³/mol. The first kappa shape index (κ1) is 15.5. The van der Waals surface area contributed by atoms with Gasteiger partial charge in [0.25, 0.3) is 0 Å². The van der Waals surface area contributed by atoms with Crippen LogP contribution in [0.5, 0.6) is 5.75 Å². The summed E-state index contributed by atoms with van der Waals surface area (Å²) in [5, 5.41) is 12.7. The lowest BCUT2D eigenvalue weighted by molar-refractivity contribution is -0.123. The fourth-order valence-electron chi connectivity index (χ4n) is 1.70. The molecule has 0 aliphatic rings. The molecule has 4 heteroatoms. The van der Waals surface area contributed by atoms with Crippen LogP contribution in [-0.4, -0.2) is 24.7 Å². The highest BCUT2D eigenvalue weighted by molar-refractivity contribution is 5.76. The van der Waals surface area contributed by atoms with Crippen molar-refractivity contribution >= 4 is 5.91 Å². The van der Waals surface area contributed by atoms with Crippen molar-refractivity contribution in [3.63, 3.8) is 0 Å². The molecule has 1 unspecified atom stereocenters. The summed E-state index contributed by atoms with van der Waals surface area (Å²) < 4.78 is 5.05. The SMILES string of the molecule is COc1ccc(C(O)CNC(=O)CC(C)(C)C)cc1. The van der Waals surface area contributed by atoms with E-state index in [4.69, 9.17) is 4.74 Å². The molecule has 1 amide bonds. The molecule has 19 heavy (non-hydrogen) atoms. The van der Waals surface area contributed by atoms with Crippen LogP contribution < -0.4 is 10.1 Å². The Labute approximate surface area is 114 Å². The normalized spacial score (nSPS) is 12.9. The molecule has 1 rings (SSSR count). The third kappa shape index (κ3) is 5.75. The molecular formula is C15H23NO3. The fourth-order valence-corrected chi connectivity index (χ4v) is 1.70. The van der Waals surface area contributed by atoms with Crippen molar-refractivity contribution in [3.8, 4) is 5.75 Å². The minimum absolute atomic E-state index is 0.0416. The molecule has 0 aliphatic heterocycles. The molecular weight excluding hydrogens is 242 g/mol. The minimum atomic E-state index is -0.699. The van der Waals surface area contributed by atoms with Gasteiger partial charge in [0.05, 0.1) is 13.2 Å². The number of ether oxygens (including phenoxy) is 1. The van der Waals surface area contributed by atoms with Gasteiger partial charge in [-0.15, -0.1) is 0 Å². The number of carbonyl (C=O) groups is 1. The first-order chi connectivity index (χ1) is 8.81. The van der Waals surface area contributed by atoms with E-state index in [2.05, 4.69) is 5.32 Å². The van der Waals surface area contributed by atoms with Gasteiger partial charge < -0.3 is 15.2 Å². The van der Waals surface area contributed by atoms with E-state index in [0.29, 0.717) is 6.42 Å². The van der Waals surface area contributed by atoms with E-state index >= 15 is 0 Å². The quantitative estimate of drug-likeness (QED) is 0.858. The van der Waals surface area contributed by atoms with E-state index in [1.54, 1.807) is 31.4 Å². The Morgan fingerprint density at radius 1 is 1.32 bits per heavy atom. The first-order valence-electron chi connectivity index (χ1n) is 6.40. The molecule has 0 saturated carbocycles. The van der Waals surface area contributed by atoms with Crippen LogP contribution in [0, 0.1) is 5.41 Å². The molecule has 2 N–H and O–H groups in total. The second kappa shape index (κ2) is 6.57. The number of benzene rings is 1. The summed E-state index contributed by atoms with van der Waals surface area (Å²) in [5.74, 6) is 0.702. The Kier molecular flexibility index (Phi) is 5.36. The standard InChI is InChI=1S/C15H23NO3/c1-15(2,3)9-14(18)16-10-13(17)11-5-7-12(19-4)8-6-11/h5-8,13,17H,9-10H2,1-4H3,(H,16,18). The average molecular weight is 265 g/mol. The van der Waals surface area contributed by atoms with Crippen LogP contribution in [0.3, 0.4) is 0 Å². The summed E-state index contributed by atoms with van der Waals surface area (Å²) in [6, 6.07) is 7.16. The topological polar surface area (TPSA) is 58.6 Å². The highest BCUT2D eigenvalue weighted by atomic mass is 16.5. The molecule has 0 heterocycles. The summed E-state index contributed by atoms with van der Waals surface area (Å²) in [5.41, 5.74) is 0.715. The summed E-state index contributed by atoms with van der Waals surface area (Å²) in [6.07, 6.45) is -0.252. The Hall–Kier alpha value is -1.55. The lowest BCUT2D eigenvalue weighted by Gasteiger charge is -2.18. The number of aliphatic hydroxyl groups excluding tert-OH is 1. The van der Waals surface area contributed by atoms with E-state index in [-0.39, 0.29) is 17.9 Å². The Morgan fingerprint density at radius 3 is 2.37 bits per heavy atom. The number of carbonyl (C=O) groups excluding carboxylic acids is 1. The van der Waals surface area contributed by atoms with Crippen molar-refractivity contribution in [1.82, 2.24) is 5.32 Å². The Balaban J connectivity index is 2.46. The largest absolute Gasteiger partial charge is 0.497 e. The van der Waals surface area contributed by atoms with E-state index in [9.17, 15) is 9.90 Å². The van der Waals surface area contributed by atoms with E-state index in [1.165, 1.54) is 0 Å². The van der Waals surface area contributed by atoms with Gasteiger partial charge >= 0.3 is 0 Å². The molecule has 1 atom stereocenters. The molecule has 1 aromatic carbocycles. The smallest absolute Gasteiger partial charge is 0.220 e. The van der Waals surface area contributed by atoms with Gasteiger partial charge in [-0.05, 0) is 23.1 Å². The maximum atomic E-state index is 11.7. The van der Waals surface area contributed by atoms with Gasteiger partial charge in [-0.3, -0.25) is 4.79 Å². The van der Waals surface area contributed by atoms with Crippen molar-refractivity contribution in [1.29, 1.82) is 0 Å². The van der Waals surface area contributed by atoms with Crippen LogP contribution >= 0.6 is 0 Å². The molecule has 1 aromatic rings. The zero-order valence-corrected chi connectivity index (χ0v) is 12.1. The van der Waals surface area contributed by atoms with Crippen LogP contribution in [0.15, 0.2) is 24.3 Å². The van der Waals surface area contributed by atoms with Crippen LogP contribution in [0.4, 0.5) is 0 Å². The third-order valence-corrected chi connectivity index (χ3v) is 2.68. The molecule has 0 spiro atoms. The van der Waals surface area contributed by atoms with Gasteiger partial charge in [0.2, 0.25) is 5.91 Å². The summed E-state index contributed by atoms with van der Waals surface area (Å²) in [6.45, 7) is 6.24. The average Bonchev–Trinajstić information content (AvgIpc) is 2.34. The second-order valence-corrected chi connectivity index (χ2v) is 5.83. The minimum Gasteiger partial charge on any atom is -0.497 e.